The summed E-state index contributed by atoms with van der Waals surface area (Å²) in [7, 11) is 0. The van der Waals surface area contributed by atoms with Crippen LogP contribution in [0.1, 0.15) is 43.0 Å². The van der Waals surface area contributed by atoms with Crippen molar-refractivity contribution in [2.75, 3.05) is 0 Å². The first-order valence-corrected chi connectivity index (χ1v) is 8.16. The molecule has 1 saturated carbocycles. The van der Waals surface area contributed by atoms with E-state index in [1.54, 1.807) is 0 Å². The van der Waals surface area contributed by atoms with Crippen molar-refractivity contribution in [3.63, 3.8) is 0 Å². The third-order valence-electron chi connectivity index (χ3n) is 4.10. The van der Waals surface area contributed by atoms with Gasteiger partial charge in [-0.25, -0.2) is 0 Å². The molecule has 0 aromatic heterocycles. The Hall–Kier alpha value is -1.02. The molecule has 1 aliphatic carbocycles. The summed E-state index contributed by atoms with van der Waals surface area (Å²) in [4.78, 5) is 0. The monoisotopic (exact) mass is 319 g/mol. The van der Waals surface area contributed by atoms with E-state index in [1.165, 1.54) is 24.0 Å². The molecule has 0 heterocycles. The molecular formula is C18H19Cl2N. The third kappa shape index (κ3) is 3.79. The van der Waals surface area contributed by atoms with E-state index in [4.69, 9.17) is 23.2 Å². The largest absolute Gasteiger partial charge is 0.303 e. The molecule has 1 N–H and O–H groups in total. The van der Waals surface area contributed by atoms with Crippen LogP contribution in [-0.2, 0) is 0 Å². The Balaban J connectivity index is 1.77. The highest BCUT2D eigenvalue weighted by molar-refractivity contribution is 6.30. The predicted molar refractivity (Wildman–Crippen MR) is 89.9 cm³/mol. The van der Waals surface area contributed by atoms with Gasteiger partial charge in [0, 0.05) is 22.1 Å². The molecule has 0 saturated heterocycles. The van der Waals surface area contributed by atoms with Crippen LogP contribution in [0, 0.1) is 5.92 Å². The van der Waals surface area contributed by atoms with E-state index in [-0.39, 0.29) is 6.04 Å². The summed E-state index contributed by atoms with van der Waals surface area (Å²) in [5.74, 6) is 0.729. The maximum absolute atomic E-state index is 6.09. The molecule has 0 amide bonds. The van der Waals surface area contributed by atoms with E-state index in [2.05, 4.69) is 30.4 Å². The first-order chi connectivity index (χ1) is 10.1. The van der Waals surface area contributed by atoms with E-state index in [9.17, 15) is 0 Å². The van der Waals surface area contributed by atoms with E-state index >= 15 is 0 Å². The van der Waals surface area contributed by atoms with Gasteiger partial charge >= 0.3 is 0 Å². The van der Waals surface area contributed by atoms with Gasteiger partial charge in [-0.05, 0) is 61.1 Å². The topological polar surface area (TPSA) is 12.0 Å². The molecule has 2 aromatic carbocycles. The van der Waals surface area contributed by atoms with E-state index in [1.807, 2.05) is 30.3 Å². The molecule has 2 aromatic rings. The second-order valence-corrected chi connectivity index (χ2v) is 6.68. The van der Waals surface area contributed by atoms with Crippen LogP contribution in [0.5, 0.6) is 0 Å². The van der Waals surface area contributed by atoms with Gasteiger partial charge in [0.1, 0.15) is 0 Å². The molecule has 1 aliphatic rings. The summed E-state index contributed by atoms with van der Waals surface area (Å²) in [5, 5.41) is 5.33. The number of halogens is 2. The van der Waals surface area contributed by atoms with Crippen molar-refractivity contribution in [3.05, 3.63) is 69.7 Å². The molecule has 0 bridgehead atoms. The molecule has 3 heteroatoms. The third-order valence-corrected chi connectivity index (χ3v) is 4.59. The molecule has 2 atom stereocenters. The van der Waals surface area contributed by atoms with Crippen molar-refractivity contribution in [2.45, 2.75) is 31.8 Å². The minimum atomic E-state index is 0.268. The fraction of sp³-hybridized carbons (Fsp3) is 0.333. The lowest BCUT2D eigenvalue weighted by molar-refractivity contribution is 0.427. The van der Waals surface area contributed by atoms with Crippen molar-refractivity contribution in [2.24, 2.45) is 5.92 Å². The molecule has 0 aliphatic heterocycles. The van der Waals surface area contributed by atoms with Crippen LogP contribution in [0.3, 0.4) is 0 Å². The summed E-state index contributed by atoms with van der Waals surface area (Å²) in [6.07, 6.45) is 2.59. The SMILES string of the molecule is C[C@@H](NC(c1ccc(Cl)cc1)C1CC1)c1cccc(Cl)c1. The second kappa shape index (κ2) is 6.39. The van der Waals surface area contributed by atoms with Crippen LogP contribution in [0.4, 0.5) is 0 Å². The zero-order valence-corrected chi connectivity index (χ0v) is 13.5. The summed E-state index contributed by atoms with van der Waals surface area (Å²) in [6, 6.07) is 16.9. The fourth-order valence-electron chi connectivity index (χ4n) is 2.75. The number of hydrogen-bond donors (Lipinski definition) is 1. The van der Waals surface area contributed by atoms with Crippen molar-refractivity contribution >= 4 is 23.2 Å². The highest BCUT2D eigenvalue weighted by atomic mass is 35.5. The molecule has 1 fully saturated rings. The van der Waals surface area contributed by atoms with Crippen LogP contribution in [-0.4, -0.2) is 0 Å². The van der Waals surface area contributed by atoms with Gasteiger partial charge in [0.15, 0.2) is 0 Å². The number of benzene rings is 2. The molecule has 1 nitrogen and oxygen atoms in total. The highest BCUT2D eigenvalue weighted by Crippen LogP contribution is 2.42. The van der Waals surface area contributed by atoms with Crippen molar-refractivity contribution in [1.82, 2.24) is 5.32 Å². The zero-order chi connectivity index (χ0) is 14.8. The number of nitrogens with one attached hydrogen (secondary N) is 1. The van der Waals surface area contributed by atoms with Crippen LogP contribution < -0.4 is 5.32 Å². The normalized spacial score (nSPS) is 17.5. The summed E-state index contributed by atoms with van der Waals surface area (Å²) >= 11 is 12.1. The van der Waals surface area contributed by atoms with Gasteiger partial charge < -0.3 is 5.32 Å². The van der Waals surface area contributed by atoms with E-state index in [0.29, 0.717) is 6.04 Å². The summed E-state index contributed by atoms with van der Waals surface area (Å²) in [6.45, 7) is 2.19. The summed E-state index contributed by atoms with van der Waals surface area (Å²) < 4.78 is 0. The Morgan fingerprint density at radius 3 is 2.29 bits per heavy atom. The van der Waals surface area contributed by atoms with E-state index < -0.39 is 0 Å². The van der Waals surface area contributed by atoms with Gasteiger partial charge in [0.2, 0.25) is 0 Å². The van der Waals surface area contributed by atoms with Gasteiger partial charge in [-0.15, -0.1) is 0 Å². The summed E-state index contributed by atoms with van der Waals surface area (Å²) in [5.41, 5.74) is 2.54. The van der Waals surface area contributed by atoms with Crippen LogP contribution in [0.2, 0.25) is 10.0 Å². The Morgan fingerprint density at radius 2 is 1.67 bits per heavy atom. The Morgan fingerprint density at radius 1 is 0.952 bits per heavy atom. The molecule has 21 heavy (non-hydrogen) atoms. The van der Waals surface area contributed by atoms with Gasteiger partial charge in [-0.2, -0.15) is 0 Å². The Bertz CT molecular complexity index is 605. The van der Waals surface area contributed by atoms with Crippen LogP contribution in [0.15, 0.2) is 48.5 Å². The molecular weight excluding hydrogens is 301 g/mol. The molecule has 0 spiro atoms. The molecule has 1 unspecified atom stereocenters. The minimum Gasteiger partial charge on any atom is -0.303 e. The lowest BCUT2D eigenvalue weighted by Crippen LogP contribution is -2.26. The van der Waals surface area contributed by atoms with Gasteiger partial charge in [0.05, 0.1) is 0 Å². The van der Waals surface area contributed by atoms with Gasteiger partial charge in [-0.1, -0.05) is 47.5 Å². The first-order valence-electron chi connectivity index (χ1n) is 7.40. The number of hydrogen-bond acceptors (Lipinski definition) is 1. The highest BCUT2D eigenvalue weighted by Gasteiger charge is 2.33. The van der Waals surface area contributed by atoms with Crippen molar-refractivity contribution in [3.8, 4) is 0 Å². The Kier molecular flexibility index (Phi) is 4.54. The molecule has 0 radical (unpaired) electrons. The molecule has 3 rings (SSSR count). The van der Waals surface area contributed by atoms with E-state index in [0.717, 1.165) is 16.0 Å². The zero-order valence-electron chi connectivity index (χ0n) is 12.0. The van der Waals surface area contributed by atoms with Crippen LogP contribution >= 0.6 is 23.2 Å². The molecule has 110 valence electrons. The van der Waals surface area contributed by atoms with Crippen molar-refractivity contribution in [1.29, 1.82) is 0 Å². The lowest BCUT2D eigenvalue weighted by Gasteiger charge is -2.24. The van der Waals surface area contributed by atoms with Crippen molar-refractivity contribution < 1.29 is 0 Å². The van der Waals surface area contributed by atoms with Gasteiger partial charge in [-0.3, -0.25) is 0 Å². The minimum absolute atomic E-state index is 0.268. The maximum atomic E-state index is 6.09. The lowest BCUT2D eigenvalue weighted by atomic mass is 9.99. The average molecular weight is 320 g/mol. The standard InChI is InChI=1S/C18H19Cl2N/c1-12(15-3-2-4-17(20)11-15)21-18(13-5-6-13)14-7-9-16(19)10-8-14/h2-4,7-13,18,21H,5-6H2,1H3/t12-,18?/m1/s1. The maximum Gasteiger partial charge on any atom is 0.0409 e. The van der Waals surface area contributed by atoms with Crippen LogP contribution in [0.25, 0.3) is 0 Å². The first kappa shape index (κ1) is 14.9. The van der Waals surface area contributed by atoms with Gasteiger partial charge in [0.25, 0.3) is 0 Å². The predicted octanol–water partition coefficient (Wildman–Crippen LogP) is 5.80. The number of rotatable bonds is 5. The second-order valence-electron chi connectivity index (χ2n) is 5.81. The average Bonchev–Trinajstić information content (AvgIpc) is 3.30. The smallest absolute Gasteiger partial charge is 0.0409 e. The Labute approximate surface area is 136 Å². The fourth-order valence-corrected chi connectivity index (χ4v) is 3.07. The quantitative estimate of drug-likeness (QED) is 0.734.